The first-order chi connectivity index (χ1) is 13.0. The van der Waals surface area contributed by atoms with E-state index in [1.807, 2.05) is 0 Å². The van der Waals surface area contributed by atoms with Gasteiger partial charge in [0.2, 0.25) is 0 Å². The minimum atomic E-state index is -4.62. The molecule has 0 bridgehead atoms. The van der Waals surface area contributed by atoms with E-state index in [4.69, 9.17) is 16.9 Å². The van der Waals surface area contributed by atoms with Gasteiger partial charge in [0.05, 0.1) is 21.8 Å². The van der Waals surface area contributed by atoms with Gasteiger partial charge in [-0.2, -0.15) is 31.6 Å². The molecule has 0 atom stereocenters. The fraction of sp³-hybridized carbons (Fsp3) is 0.125. The van der Waals surface area contributed by atoms with Gasteiger partial charge in [-0.05, 0) is 42.5 Å². The minimum Gasteiger partial charge on any atom is -0.276 e. The summed E-state index contributed by atoms with van der Waals surface area (Å²) in [5.41, 5.74) is 0.188. The topological polar surface area (TPSA) is 72.9 Å². The van der Waals surface area contributed by atoms with Crippen molar-refractivity contribution in [3.8, 4) is 6.07 Å². The largest absolute Gasteiger partial charge is 0.416 e. The van der Waals surface area contributed by atoms with Crippen molar-refractivity contribution in [2.24, 2.45) is 15.3 Å². The van der Waals surface area contributed by atoms with Crippen LogP contribution in [0.4, 0.5) is 37.7 Å². The zero-order chi connectivity index (χ0) is 20.9. The minimum absolute atomic E-state index is 0.119. The summed E-state index contributed by atoms with van der Waals surface area (Å²) in [6, 6.07) is 7.64. The average Bonchev–Trinajstić information content (AvgIpc) is 2.61. The van der Waals surface area contributed by atoms with Crippen LogP contribution in [0, 0.1) is 11.3 Å². The van der Waals surface area contributed by atoms with E-state index in [0.717, 1.165) is 36.4 Å². The molecule has 0 radical (unpaired) electrons. The molecule has 2 aromatic rings. The Morgan fingerprint density at radius 3 is 2.04 bits per heavy atom. The number of hydrogen-bond donors (Lipinski definition) is 1. The van der Waals surface area contributed by atoms with Crippen LogP contribution in [0.3, 0.4) is 0 Å². The third-order valence-corrected chi connectivity index (χ3v) is 3.45. The van der Waals surface area contributed by atoms with Crippen molar-refractivity contribution in [3.63, 3.8) is 0 Å². The van der Waals surface area contributed by atoms with Crippen LogP contribution in [0.25, 0.3) is 0 Å². The van der Waals surface area contributed by atoms with Crippen molar-refractivity contribution < 1.29 is 26.3 Å². The van der Waals surface area contributed by atoms with Crippen LogP contribution >= 0.6 is 11.6 Å². The third kappa shape index (κ3) is 5.68. The summed E-state index contributed by atoms with van der Waals surface area (Å²) in [7, 11) is 0. The molecular formula is C16H8ClF6N5. The zero-order valence-electron chi connectivity index (χ0n) is 13.5. The van der Waals surface area contributed by atoms with E-state index in [1.165, 1.54) is 6.07 Å². The molecule has 0 amide bonds. The molecule has 12 heteroatoms. The van der Waals surface area contributed by atoms with Crippen LogP contribution in [-0.4, -0.2) is 5.84 Å². The maximum absolute atomic E-state index is 12.7. The van der Waals surface area contributed by atoms with Gasteiger partial charge in [-0.1, -0.05) is 11.6 Å². The van der Waals surface area contributed by atoms with Gasteiger partial charge in [0.25, 0.3) is 5.84 Å². The van der Waals surface area contributed by atoms with Crippen LogP contribution < -0.4 is 5.43 Å². The molecule has 0 unspecified atom stereocenters. The lowest BCUT2D eigenvalue weighted by molar-refractivity contribution is -0.138. The number of amidine groups is 1. The quantitative estimate of drug-likeness (QED) is 0.205. The lowest BCUT2D eigenvalue weighted by atomic mass is 10.2. The summed E-state index contributed by atoms with van der Waals surface area (Å²) in [6.45, 7) is 0. The van der Waals surface area contributed by atoms with Crippen molar-refractivity contribution >= 4 is 28.8 Å². The summed E-state index contributed by atoms with van der Waals surface area (Å²) < 4.78 is 75.6. The summed E-state index contributed by atoms with van der Waals surface area (Å²) in [5.74, 6) is -0.589. The number of nitrogens with zero attached hydrogens (tertiary/aromatic N) is 4. The SMILES string of the molecule is N#CC(N=Nc1cc(C(F)(F)F)ccc1Cl)=NNc1ccc(C(F)(F)F)cc1. The lowest BCUT2D eigenvalue weighted by Gasteiger charge is -2.07. The van der Waals surface area contributed by atoms with Gasteiger partial charge in [0, 0.05) is 0 Å². The Bertz CT molecular complexity index is 942. The Morgan fingerprint density at radius 1 is 0.929 bits per heavy atom. The molecule has 0 heterocycles. The molecule has 0 aliphatic heterocycles. The van der Waals surface area contributed by atoms with Crippen LogP contribution in [0.2, 0.25) is 5.02 Å². The summed E-state index contributed by atoms with van der Waals surface area (Å²) >= 11 is 5.75. The van der Waals surface area contributed by atoms with E-state index in [-0.39, 0.29) is 16.4 Å². The van der Waals surface area contributed by atoms with Gasteiger partial charge in [-0.3, -0.25) is 5.43 Å². The highest BCUT2D eigenvalue weighted by molar-refractivity contribution is 6.33. The number of hydrogen-bond acceptors (Lipinski definition) is 4. The number of halogens is 7. The number of benzene rings is 2. The highest BCUT2D eigenvalue weighted by Gasteiger charge is 2.31. The maximum atomic E-state index is 12.7. The fourth-order valence-corrected chi connectivity index (χ4v) is 1.94. The first kappa shape index (κ1) is 21.2. The van der Waals surface area contributed by atoms with Crippen LogP contribution in [0.15, 0.2) is 57.8 Å². The Balaban J connectivity index is 2.17. The van der Waals surface area contributed by atoms with Gasteiger partial charge in [0.1, 0.15) is 11.8 Å². The van der Waals surface area contributed by atoms with Crippen LogP contribution in [-0.2, 0) is 12.4 Å². The Kier molecular flexibility index (Phi) is 6.25. The number of rotatable bonds is 3. The van der Waals surface area contributed by atoms with E-state index in [2.05, 4.69) is 20.8 Å². The molecule has 0 spiro atoms. The molecule has 0 aromatic heterocycles. The standard InChI is InChI=1S/C16H8ClF6N5/c17-12-6-3-10(16(21,22)23)7-13(12)26-28-14(8-24)27-25-11-4-1-9(2-5-11)15(18,19)20/h1-7,25H. The molecule has 5 nitrogen and oxygen atoms in total. The van der Waals surface area contributed by atoms with Crippen molar-refractivity contribution in [2.45, 2.75) is 12.4 Å². The second-order valence-electron chi connectivity index (χ2n) is 5.10. The highest BCUT2D eigenvalue weighted by Crippen LogP contribution is 2.35. The van der Waals surface area contributed by atoms with Crippen molar-refractivity contribution in [3.05, 3.63) is 58.6 Å². The number of anilines is 1. The van der Waals surface area contributed by atoms with Crippen molar-refractivity contribution in [1.82, 2.24) is 0 Å². The molecule has 28 heavy (non-hydrogen) atoms. The molecule has 0 fully saturated rings. The predicted molar refractivity (Wildman–Crippen MR) is 89.1 cm³/mol. The van der Waals surface area contributed by atoms with E-state index in [1.54, 1.807) is 0 Å². The fourth-order valence-electron chi connectivity index (χ4n) is 1.79. The summed E-state index contributed by atoms with van der Waals surface area (Å²) in [4.78, 5) is 0. The molecule has 2 rings (SSSR count). The monoisotopic (exact) mass is 419 g/mol. The zero-order valence-corrected chi connectivity index (χ0v) is 14.2. The van der Waals surface area contributed by atoms with Gasteiger partial charge < -0.3 is 0 Å². The Morgan fingerprint density at radius 2 is 1.50 bits per heavy atom. The maximum Gasteiger partial charge on any atom is 0.416 e. The number of hydrazone groups is 1. The van der Waals surface area contributed by atoms with Crippen molar-refractivity contribution in [1.29, 1.82) is 5.26 Å². The second kappa shape index (κ2) is 8.26. The van der Waals surface area contributed by atoms with E-state index in [9.17, 15) is 26.3 Å². The lowest BCUT2D eigenvalue weighted by Crippen LogP contribution is -2.04. The van der Waals surface area contributed by atoms with Gasteiger partial charge in [0.15, 0.2) is 0 Å². The average molecular weight is 420 g/mol. The van der Waals surface area contributed by atoms with Gasteiger partial charge >= 0.3 is 12.4 Å². The van der Waals surface area contributed by atoms with Crippen LogP contribution in [0.1, 0.15) is 11.1 Å². The molecule has 1 N–H and O–H groups in total. The van der Waals surface area contributed by atoms with E-state index >= 15 is 0 Å². The van der Waals surface area contributed by atoms with E-state index < -0.39 is 29.3 Å². The molecule has 0 aliphatic carbocycles. The number of nitriles is 1. The normalized spacial score (nSPS) is 12.9. The molecule has 0 aliphatic rings. The molecular weight excluding hydrogens is 412 g/mol. The highest BCUT2D eigenvalue weighted by atomic mass is 35.5. The summed E-state index contributed by atoms with van der Waals surface area (Å²) in [5, 5.41) is 19.2. The summed E-state index contributed by atoms with van der Waals surface area (Å²) in [6.07, 6.45) is -9.12. The van der Waals surface area contributed by atoms with Gasteiger partial charge in [-0.25, -0.2) is 0 Å². The molecule has 0 saturated carbocycles. The number of azo groups is 1. The van der Waals surface area contributed by atoms with E-state index in [0.29, 0.717) is 6.07 Å². The van der Waals surface area contributed by atoms with Crippen LogP contribution in [0.5, 0.6) is 0 Å². The smallest absolute Gasteiger partial charge is 0.276 e. The second-order valence-corrected chi connectivity index (χ2v) is 5.51. The molecule has 146 valence electrons. The Labute approximate surface area is 158 Å². The Hall–Kier alpha value is -3.13. The molecule has 2 aromatic carbocycles. The number of alkyl halides is 6. The third-order valence-electron chi connectivity index (χ3n) is 3.13. The first-order valence-corrected chi connectivity index (χ1v) is 7.58. The predicted octanol–water partition coefficient (Wildman–Crippen LogP) is 6.41. The number of nitrogens with one attached hydrogen (secondary N) is 1. The van der Waals surface area contributed by atoms with Crippen molar-refractivity contribution in [2.75, 3.05) is 5.43 Å². The first-order valence-electron chi connectivity index (χ1n) is 7.20. The molecule has 0 saturated heterocycles. The van der Waals surface area contributed by atoms with Gasteiger partial charge in [-0.15, -0.1) is 15.3 Å².